The van der Waals surface area contributed by atoms with Gasteiger partial charge in [0.05, 0.1) is 30.8 Å². The van der Waals surface area contributed by atoms with Crippen molar-refractivity contribution >= 4 is 51.7 Å². The topological polar surface area (TPSA) is 71.0 Å². The lowest BCUT2D eigenvalue weighted by Gasteiger charge is -2.36. The predicted molar refractivity (Wildman–Crippen MR) is 130 cm³/mol. The Morgan fingerprint density at radius 3 is 2.72 bits per heavy atom. The summed E-state index contributed by atoms with van der Waals surface area (Å²) in [6.45, 7) is 2.38. The minimum atomic E-state index is -0.451. The minimum Gasteiger partial charge on any atom is -0.466 e. The molecule has 2 aromatic rings. The molecule has 3 heterocycles. The number of thioether (sulfide) groups is 1. The summed E-state index contributed by atoms with van der Waals surface area (Å²) in [4.78, 5) is 33.2. The average molecular weight is 488 g/mol. The maximum absolute atomic E-state index is 12.7. The van der Waals surface area contributed by atoms with Crippen LogP contribution in [0.25, 0.3) is 0 Å². The maximum atomic E-state index is 12.7. The second-order valence-corrected chi connectivity index (χ2v) is 9.60. The SMILES string of the molecule is COC(=O)C1=C(C)N=C2SC=C(CC(=O)NCCc3cccs3)N2C1c1ccc(Cl)cc1. The van der Waals surface area contributed by atoms with E-state index in [2.05, 4.69) is 16.4 Å². The molecule has 6 nitrogen and oxygen atoms in total. The summed E-state index contributed by atoms with van der Waals surface area (Å²) < 4.78 is 5.07. The van der Waals surface area contributed by atoms with Gasteiger partial charge in [0.25, 0.3) is 0 Å². The third kappa shape index (κ3) is 4.77. The number of ether oxygens (including phenoxy) is 1. The fraction of sp³-hybridized carbons (Fsp3) is 0.261. The molecular formula is C23H22ClN3O3S2. The number of amides is 1. The Hall–Kier alpha value is -2.55. The van der Waals surface area contributed by atoms with Crippen LogP contribution in [0.1, 0.15) is 29.8 Å². The molecule has 0 radical (unpaired) electrons. The number of rotatable bonds is 7. The number of fused-ring (bicyclic) bond motifs is 1. The van der Waals surface area contributed by atoms with Crippen LogP contribution in [0, 0.1) is 0 Å². The van der Waals surface area contributed by atoms with E-state index in [1.165, 1.54) is 23.7 Å². The van der Waals surface area contributed by atoms with Crippen LogP contribution in [-0.2, 0) is 20.7 Å². The van der Waals surface area contributed by atoms with E-state index in [9.17, 15) is 9.59 Å². The molecule has 0 aliphatic carbocycles. The summed E-state index contributed by atoms with van der Waals surface area (Å²) in [6.07, 6.45) is 0.990. The number of nitrogens with zero attached hydrogens (tertiary/aromatic N) is 2. The molecule has 32 heavy (non-hydrogen) atoms. The molecule has 0 spiro atoms. The lowest BCUT2D eigenvalue weighted by molar-refractivity contribution is -0.136. The van der Waals surface area contributed by atoms with E-state index in [0.29, 0.717) is 22.8 Å². The zero-order chi connectivity index (χ0) is 22.7. The van der Waals surface area contributed by atoms with Crippen LogP contribution in [0.4, 0.5) is 0 Å². The number of allylic oxidation sites excluding steroid dienone is 1. The van der Waals surface area contributed by atoms with Crippen molar-refractivity contribution < 1.29 is 14.3 Å². The number of halogens is 1. The van der Waals surface area contributed by atoms with Gasteiger partial charge in [0.15, 0.2) is 5.17 Å². The van der Waals surface area contributed by atoms with Gasteiger partial charge >= 0.3 is 5.97 Å². The maximum Gasteiger partial charge on any atom is 0.338 e. The quantitative estimate of drug-likeness (QED) is 0.562. The fourth-order valence-electron chi connectivity index (χ4n) is 3.71. The van der Waals surface area contributed by atoms with Crippen LogP contribution in [0.3, 0.4) is 0 Å². The van der Waals surface area contributed by atoms with E-state index in [1.54, 1.807) is 30.4 Å². The van der Waals surface area contributed by atoms with E-state index in [-0.39, 0.29) is 12.3 Å². The third-order valence-electron chi connectivity index (χ3n) is 5.21. The normalized spacial score (nSPS) is 17.6. The molecule has 1 unspecified atom stereocenters. The monoisotopic (exact) mass is 487 g/mol. The molecule has 166 valence electrons. The van der Waals surface area contributed by atoms with Gasteiger partial charge in [-0.3, -0.25) is 4.79 Å². The highest BCUT2D eigenvalue weighted by atomic mass is 35.5. The number of hydrogen-bond donors (Lipinski definition) is 1. The number of carbonyl (C=O) groups is 2. The van der Waals surface area contributed by atoms with Crippen molar-refractivity contribution in [1.29, 1.82) is 0 Å². The van der Waals surface area contributed by atoms with Gasteiger partial charge in [0.1, 0.15) is 0 Å². The number of amidine groups is 1. The zero-order valence-corrected chi connectivity index (χ0v) is 20.0. The lowest BCUT2D eigenvalue weighted by atomic mass is 9.94. The smallest absolute Gasteiger partial charge is 0.338 e. The molecule has 0 fully saturated rings. The molecule has 4 rings (SSSR count). The molecule has 9 heteroatoms. The van der Waals surface area contributed by atoms with Gasteiger partial charge in [-0.25, -0.2) is 9.79 Å². The first-order valence-corrected chi connectivity index (χ1v) is 12.2. The molecule has 1 aromatic carbocycles. The standard InChI is InChI=1S/C23H22ClN3O3S2/c1-14-20(22(29)30-2)21(15-5-7-16(24)8-6-15)27-17(13-32-23(27)26-14)12-19(28)25-10-9-18-4-3-11-31-18/h3-8,11,13,21H,9-10,12H2,1-2H3,(H,25,28). The molecule has 2 aliphatic rings. The van der Waals surface area contributed by atoms with Crippen molar-refractivity contribution in [2.24, 2.45) is 4.99 Å². The molecule has 0 saturated carbocycles. The Morgan fingerprint density at radius 2 is 2.03 bits per heavy atom. The molecule has 0 saturated heterocycles. The van der Waals surface area contributed by atoms with Gasteiger partial charge in [-0.2, -0.15) is 0 Å². The summed E-state index contributed by atoms with van der Waals surface area (Å²) in [5.74, 6) is -0.516. The first-order chi connectivity index (χ1) is 15.5. The van der Waals surface area contributed by atoms with Crippen molar-refractivity contribution in [3.8, 4) is 0 Å². The number of nitrogens with one attached hydrogen (secondary N) is 1. The highest BCUT2D eigenvalue weighted by Gasteiger charge is 2.40. The highest BCUT2D eigenvalue weighted by Crippen LogP contribution is 2.44. The molecule has 1 atom stereocenters. The number of carbonyl (C=O) groups excluding carboxylic acids is 2. The van der Waals surface area contributed by atoms with E-state index in [1.807, 2.05) is 33.9 Å². The van der Waals surface area contributed by atoms with Crippen molar-refractivity contribution in [2.45, 2.75) is 25.8 Å². The molecule has 0 bridgehead atoms. The minimum absolute atomic E-state index is 0.0737. The highest BCUT2D eigenvalue weighted by molar-refractivity contribution is 8.16. The van der Waals surface area contributed by atoms with Crippen LogP contribution in [-0.4, -0.2) is 35.6 Å². The Bertz CT molecular complexity index is 1110. The predicted octanol–water partition coefficient (Wildman–Crippen LogP) is 4.90. The Balaban J connectivity index is 1.56. The number of aliphatic imine (C=N–C) groups is 1. The lowest BCUT2D eigenvalue weighted by Crippen LogP contribution is -2.38. The van der Waals surface area contributed by atoms with Gasteiger partial charge in [-0.05, 0) is 47.9 Å². The van der Waals surface area contributed by atoms with Crippen molar-refractivity contribution in [3.05, 3.63) is 79.6 Å². The van der Waals surface area contributed by atoms with Gasteiger partial charge in [-0.1, -0.05) is 41.6 Å². The van der Waals surface area contributed by atoms with Crippen molar-refractivity contribution in [3.63, 3.8) is 0 Å². The molecule has 1 amide bonds. The van der Waals surface area contributed by atoms with Gasteiger partial charge in [0, 0.05) is 22.1 Å². The fourth-order valence-corrected chi connectivity index (χ4v) is 5.51. The first-order valence-electron chi connectivity index (χ1n) is 10.0. The second-order valence-electron chi connectivity index (χ2n) is 7.29. The van der Waals surface area contributed by atoms with Crippen molar-refractivity contribution in [1.82, 2.24) is 10.2 Å². The zero-order valence-electron chi connectivity index (χ0n) is 17.6. The van der Waals surface area contributed by atoms with E-state index >= 15 is 0 Å². The molecule has 1 N–H and O–H groups in total. The number of methoxy groups -OCH3 is 1. The first kappa shape index (κ1) is 22.6. The number of benzene rings is 1. The van der Waals surface area contributed by atoms with Crippen molar-refractivity contribution in [2.75, 3.05) is 13.7 Å². The van der Waals surface area contributed by atoms with Crippen LogP contribution >= 0.6 is 34.7 Å². The van der Waals surface area contributed by atoms with E-state index in [4.69, 9.17) is 16.3 Å². The number of thiophene rings is 1. The largest absolute Gasteiger partial charge is 0.466 e. The van der Waals surface area contributed by atoms with Crippen LogP contribution in [0.15, 0.2) is 69.1 Å². The van der Waals surface area contributed by atoms with Gasteiger partial charge in [0.2, 0.25) is 5.91 Å². The van der Waals surface area contributed by atoms with E-state index in [0.717, 1.165) is 22.8 Å². The third-order valence-corrected chi connectivity index (χ3v) is 7.28. The number of esters is 1. The summed E-state index contributed by atoms with van der Waals surface area (Å²) in [5, 5.41) is 8.28. The summed E-state index contributed by atoms with van der Waals surface area (Å²) in [7, 11) is 1.36. The number of hydrogen-bond acceptors (Lipinski definition) is 7. The second kappa shape index (κ2) is 9.94. The van der Waals surface area contributed by atoms with Gasteiger partial charge < -0.3 is 15.0 Å². The van der Waals surface area contributed by atoms with Crippen LogP contribution < -0.4 is 5.32 Å². The van der Waals surface area contributed by atoms with Gasteiger partial charge in [-0.15, -0.1) is 11.3 Å². The molecular weight excluding hydrogens is 466 g/mol. The Labute approximate surface area is 200 Å². The van der Waals surface area contributed by atoms with Crippen LogP contribution in [0.5, 0.6) is 0 Å². The summed E-state index contributed by atoms with van der Waals surface area (Å²) in [5.41, 5.74) is 2.71. The Morgan fingerprint density at radius 1 is 1.25 bits per heavy atom. The molecule has 2 aliphatic heterocycles. The Kier molecular flexibility index (Phi) is 7.03. The summed E-state index contributed by atoms with van der Waals surface area (Å²) in [6, 6.07) is 11.0. The average Bonchev–Trinajstić information content (AvgIpc) is 3.43. The van der Waals surface area contributed by atoms with Crippen LogP contribution in [0.2, 0.25) is 5.02 Å². The van der Waals surface area contributed by atoms with E-state index < -0.39 is 12.0 Å². The summed E-state index contributed by atoms with van der Waals surface area (Å²) >= 11 is 9.22. The molecule has 1 aromatic heterocycles.